The molecule has 2 aliphatic rings. The number of hydrogen-bond donors (Lipinski definition) is 1. The molecule has 2 heterocycles. The average molecular weight is 412 g/mol. The van der Waals surface area contributed by atoms with Crippen molar-refractivity contribution in [1.82, 2.24) is 4.90 Å². The summed E-state index contributed by atoms with van der Waals surface area (Å²) in [6.07, 6.45) is 1.50. The zero-order valence-corrected chi connectivity index (χ0v) is 16.6. The molecule has 0 bridgehead atoms. The van der Waals surface area contributed by atoms with Gasteiger partial charge in [-0.3, -0.25) is 19.3 Å². The molecule has 2 aliphatic heterocycles. The topological polar surface area (TPSA) is 69.7 Å². The van der Waals surface area contributed by atoms with E-state index < -0.39 is 6.04 Å². The Morgan fingerprint density at radius 2 is 1.62 bits per heavy atom. The zero-order valence-electron chi connectivity index (χ0n) is 15.9. The molecule has 0 aromatic heterocycles. The highest BCUT2D eigenvalue weighted by Gasteiger charge is 2.43. The molecule has 0 spiro atoms. The predicted octanol–water partition coefficient (Wildman–Crippen LogP) is 3.32. The molecule has 2 aromatic carbocycles. The molecule has 29 heavy (non-hydrogen) atoms. The maximum atomic E-state index is 12.9. The van der Waals surface area contributed by atoms with Gasteiger partial charge in [-0.25, -0.2) is 4.90 Å². The molecule has 7 heteroatoms. The van der Waals surface area contributed by atoms with Crippen LogP contribution in [0.5, 0.6) is 0 Å². The van der Waals surface area contributed by atoms with E-state index in [0.717, 1.165) is 5.69 Å². The first-order chi connectivity index (χ1) is 14.0. The van der Waals surface area contributed by atoms with Crippen LogP contribution in [0.2, 0.25) is 5.02 Å². The Hall–Kier alpha value is -2.70. The van der Waals surface area contributed by atoms with Crippen molar-refractivity contribution in [3.63, 3.8) is 0 Å². The van der Waals surface area contributed by atoms with Gasteiger partial charge in [-0.2, -0.15) is 0 Å². The quantitative estimate of drug-likeness (QED) is 0.783. The van der Waals surface area contributed by atoms with Gasteiger partial charge in [0.05, 0.1) is 18.2 Å². The molecule has 0 saturated carbocycles. The summed E-state index contributed by atoms with van der Waals surface area (Å²) in [6, 6.07) is 15.6. The summed E-state index contributed by atoms with van der Waals surface area (Å²) < 4.78 is 0. The minimum atomic E-state index is -0.462. The first-order valence-electron chi connectivity index (χ1n) is 9.75. The fourth-order valence-electron chi connectivity index (χ4n) is 4.00. The Bertz CT molecular complexity index is 909. The van der Waals surface area contributed by atoms with Gasteiger partial charge in [0.25, 0.3) is 5.91 Å². The monoisotopic (exact) mass is 411 g/mol. The molecular formula is C22H22ClN3O3. The number of likely N-dealkylation sites (tertiary alicyclic amines) is 1. The van der Waals surface area contributed by atoms with Crippen LogP contribution in [0.1, 0.15) is 19.3 Å². The Kier molecular flexibility index (Phi) is 5.65. The van der Waals surface area contributed by atoms with Crippen molar-refractivity contribution >= 4 is 40.7 Å². The smallest absolute Gasteiger partial charge is 0.251 e. The third-order valence-electron chi connectivity index (χ3n) is 5.59. The second-order valence-electron chi connectivity index (χ2n) is 7.43. The van der Waals surface area contributed by atoms with Gasteiger partial charge >= 0.3 is 0 Å². The molecule has 0 aliphatic carbocycles. The van der Waals surface area contributed by atoms with Crippen molar-refractivity contribution in [2.75, 3.05) is 23.3 Å². The Morgan fingerprint density at radius 1 is 0.966 bits per heavy atom. The maximum absolute atomic E-state index is 12.9. The molecule has 1 atom stereocenters. The van der Waals surface area contributed by atoms with Gasteiger partial charge in [-0.15, -0.1) is 0 Å². The zero-order chi connectivity index (χ0) is 20.4. The van der Waals surface area contributed by atoms with Gasteiger partial charge < -0.3 is 5.32 Å². The number of piperidine rings is 1. The lowest BCUT2D eigenvalue weighted by molar-refractivity contribution is -0.123. The Morgan fingerprint density at radius 3 is 2.28 bits per heavy atom. The minimum Gasteiger partial charge on any atom is -0.326 e. The predicted molar refractivity (Wildman–Crippen MR) is 112 cm³/mol. The number of halogens is 1. The van der Waals surface area contributed by atoms with E-state index in [9.17, 15) is 14.4 Å². The summed E-state index contributed by atoms with van der Waals surface area (Å²) in [5.41, 5.74) is 1.33. The number of benzene rings is 2. The number of carbonyl (C=O) groups excluding carboxylic acids is 3. The van der Waals surface area contributed by atoms with E-state index in [2.05, 4.69) is 5.32 Å². The van der Waals surface area contributed by atoms with E-state index in [-0.39, 0.29) is 30.1 Å². The van der Waals surface area contributed by atoms with Gasteiger partial charge in [-0.1, -0.05) is 29.8 Å². The van der Waals surface area contributed by atoms with Crippen LogP contribution in [0.15, 0.2) is 54.6 Å². The number of nitrogens with one attached hydrogen (secondary N) is 1. The third kappa shape index (κ3) is 4.18. The molecule has 2 saturated heterocycles. The standard InChI is InChI=1S/C22H22ClN3O3/c23-16-6-8-18(9-7-16)26-20(27)14-19(22(26)29)25-12-10-15(11-13-25)21(28)24-17-4-2-1-3-5-17/h1-9,15,19H,10-14H2,(H,24,28)/t19-/m1/s1. The number of rotatable bonds is 4. The lowest BCUT2D eigenvalue weighted by Crippen LogP contribution is -2.47. The number of imide groups is 1. The van der Waals surface area contributed by atoms with Gasteiger partial charge in [0.15, 0.2) is 0 Å². The lowest BCUT2D eigenvalue weighted by Gasteiger charge is -2.34. The van der Waals surface area contributed by atoms with Crippen LogP contribution < -0.4 is 10.2 Å². The molecule has 1 N–H and O–H groups in total. The van der Waals surface area contributed by atoms with Crippen LogP contribution in [0.4, 0.5) is 11.4 Å². The van der Waals surface area contributed by atoms with E-state index >= 15 is 0 Å². The SMILES string of the molecule is O=C(Nc1ccccc1)C1CCN([C@@H]2CC(=O)N(c3ccc(Cl)cc3)C2=O)CC1. The minimum absolute atomic E-state index is 0.00691. The first kappa shape index (κ1) is 19.6. The van der Waals surface area contributed by atoms with Crippen molar-refractivity contribution < 1.29 is 14.4 Å². The van der Waals surface area contributed by atoms with Gasteiger partial charge in [0.1, 0.15) is 0 Å². The summed E-state index contributed by atoms with van der Waals surface area (Å²) in [6.45, 7) is 1.23. The van der Waals surface area contributed by atoms with Gasteiger partial charge in [0.2, 0.25) is 11.8 Å². The number of hydrogen-bond acceptors (Lipinski definition) is 4. The highest BCUT2D eigenvalue weighted by molar-refractivity contribution is 6.30. The average Bonchev–Trinajstić information content (AvgIpc) is 3.04. The third-order valence-corrected chi connectivity index (χ3v) is 5.84. The fourth-order valence-corrected chi connectivity index (χ4v) is 4.13. The number of para-hydroxylation sites is 1. The van der Waals surface area contributed by atoms with Gasteiger partial charge in [0, 0.05) is 16.6 Å². The normalized spacial score (nSPS) is 20.9. The molecular weight excluding hydrogens is 390 g/mol. The summed E-state index contributed by atoms with van der Waals surface area (Å²) >= 11 is 5.90. The van der Waals surface area contributed by atoms with Crippen molar-refractivity contribution in [3.8, 4) is 0 Å². The molecule has 150 valence electrons. The molecule has 2 aromatic rings. The van der Waals surface area contributed by atoms with E-state index in [1.165, 1.54) is 4.90 Å². The molecule has 4 rings (SSSR count). The van der Waals surface area contributed by atoms with Crippen molar-refractivity contribution in [2.45, 2.75) is 25.3 Å². The number of anilines is 2. The molecule has 3 amide bonds. The van der Waals surface area contributed by atoms with Crippen LogP contribution >= 0.6 is 11.6 Å². The second kappa shape index (κ2) is 8.35. The van der Waals surface area contributed by atoms with Crippen LogP contribution in [-0.2, 0) is 14.4 Å². The summed E-state index contributed by atoms with van der Waals surface area (Å²) in [5, 5.41) is 3.50. The first-order valence-corrected chi connectivity index (χ1v) is 10.1. The number of nitrogens with zero attached hydrogens (tertiary/aromatic N) is 2. The summed E-state index contributed by atoms with van der Waals surface area (Å²) in [5.74, 6) is -0.491. The number of carbonyl (C=O) groups is 3. The van der Waals surface area contributed by atoms with Crippen LogP contribution in [0.25, 0.3) is 0 Å². The maximum Gasteiger partial charge on any atom is 0.251 e. The van der Waals surface area contributed by atoms with Crippen LogP contribution in [-0.4, -0.2) is 41.8 Å². The fraction of sp³-hybridized carbons (Fsp3) is 0.318. The van der Waals surface area contributed by atoms with Crippen LogP contribution in [0, 0.1) is 5.92 Å². The Labute approximate surface area is 174 Å². The Balaban J connectivity index is 1.36. The molecule has 0 radical (unpaired) electrons. The van der Waals surface area contributed by atoms with E-state index in [1.807, 2.05) is 35.2 Å². The van der Waals surface area contributed by atoms with E-state index in [4.69, 9.17) is 11.6 Å². The van der Waals surface area contributed by atoms with Crippen molar-refractivity contribution in [2.24, 2.45) is 5.92 Å². The van der Waals surface area contributed by atoms with E-state index in [0.29, 0.717) is 36.6 Å². The largest absolute Gasteiger partial charge is 0.326 e. The summed E-state index contributed by atoms with van der Waals surface area (Å²) in [7, 11) is 0. The van der Waals surface area contributed by atoms with Crippen molar-refractivity contribution in [3.05, 3.63) is 59.6 Å². The van der Waals surface area contributed by atoms with Gasteiger partial charge in [-0.05, 0) is 62.3 Å². The lowest BCUT2D eigenvalue weighted by atomic mass is 9.94. The highest BCUT2D eigenvalue weighted by Crippen LogP contribution is 2.29. The van der Waals surface area contributed by atoms with Crippen LogP contribution in [0.3, 0.4) is 0 Å². The van der Waals surface area contributed by atoms with Crippen molar-refractivity contribution in [1.29, 1.82) is 0 Å². The summed E-state index contributed by atoms with van der Waals surface area (Å²) in [4.78, 5) is 41.2. The number of amides is 3. The molecule has 0 unspecified atom stereocenters. The second-order valence-corrected chi connectivity index (χ2v) is 7.87. The molecule has 2 fully saturated rings. The van der Waals surface area contributed by atoms with E-state index in [1.54, 1.807) is 24.3 Å². The molecule has 6 nitrogen and oxygen atoms in total. The highest BCUT2D eigenvalue weighted by atomic mass is 35.5.